The average molecular weight is 248 g/mol. The summed E-state index contributed by atoms with van der Waals surface area (Å²) in [6, 6.07) is 0. The van der Waals surface area contributed by atoms with Gasteiger partial charge < -0.3 is 4.74 Å². The number of hydrogen-bond acceptors (Lipinski definition) is 3. The Morgan fingerprint density at radius 3 is 2.88 bits per heavy atom. The Balaban J connectivity index is 2.05. The minimum Gasteiger partial charge on any atom is -0.381 e. The van der Waals surface area contributed by atoms with Crippen LogP contribution in [-0.2, 0) is 4.74 Å². The molecule has 0 radical (unpaired) electrons. The lowest BCUT2D eigenvalue weighted by atomic mass is 9.70. The predicted molar refractivity (Wildman–Crippen MR) is 61.3 cm³/mol. The third kappa shape index (κ3) is 2.18. The molecule has 4 nitrogen and oxygen atoms in total. The van der Waals surface area contributed by atoms with E-state index in [4.69, 9.17) is 16.3 Å². The van der Waals surface area contributed by atoms with Crippen LogP contribution < -0.4 is 0 Å². The summed E-state index contributed by atoms with van der Waals surface area (Å²) in [5.74, 6) is 1.47. The van der Waals surface area contributed by atoms with Crippen LogP contribution in [0.2, 0.25) is 0 Å². The summed E-state index contributed by atoms with van der Waals surface area (Å²) in [5.41, 5.74) is -0.718. The Morgan fingerprint density at radius 2 is 2.19 bits per heavy atom. The molecular weight excluding hydrogens is 230 g/mol. The number of hydrogen-bond donors (Lipinski definition) is 0. The van der Waals surface area contributed by atoms with E-state index in [2.05, 4.69) is 0 Å². The molecule has 2 aliphatic rings. The van der Waals surface area contributed by atoms with Crippen molar-refractivity contribution in [3.8, 4) is 0 Å². The van der Waals surface area contributed by atoms with E-state index >= 15 is 0 Å². The zero-order valence-electron chi connectivity index (χ0n) is 9.36. The van der Waals surface area contributed by atoms with Crippen LogP contribution in [0.3, 0.4) is 0 Å². The van der Waals surface area contributed by atoms with Crippen molar-refractivity contribution >= 4 is 11.6 Å². The van der Waals surface area contributed by atoms with E-state index < -0.39 is 5.54 Å². The molecule has 0 aromatic heterocycles. The van der Waals surface area contributed by atoms with Gasteiger partial charge in [-0.1, -0.05) is 0 Å². The van der Waals surface area contributed by atoms with Gasteiger partial charge in [-0.25, -0.2) is 0 Å². The lowest BCUT2D eigenvalue weighted by molar-refractivity contribution is -0.578. The lowest BCUT2D eigenvalue weighted by Crippen LogP contribution is -2.45. The fourth-order valence-corrected chi connectivity index (χ4v) is 3.25. The SMILES string of the molecule is O=[N+]([O-])C1(CCCCl)CCC2COCC2C1. The molecule has 1 heterocycles. The first-order chi connectivity index (χ1) is 7.68. The largest absolute Gasteiger partial charge is 0.381 e. The molecule has 3 atom stereocenters. The number of rotatable bonds is 4. The number of nitrogens with zero attached hydrogens (tertiary/aromatic N) is 1. The van der Waals surface area contributed by atoms with E-state index in [-0.39, 0.29) is 4.92 Å². The molecule has 0 bridgehead atoms. The van der Waals surface area contributed by atoms with E-state index in [0.29, 0.717) is 43.6 Å². The van der Waals surface area contributed by atoms with Gasteiger partial charge in [-0.3, -0.25) is 10.1 Å². The van der Waals surface area contributed by atoms with Gasteiger partial charge in [-0.2, -0.15) is 0 Å². The molecule has 0 amide bonds. The van der Waals surface area contributed by atoms with Gasteiger partial charge in [0.05, 0.1) is 6.61 Å². The summed E-state index contributed by atoms with van der Waals surface area (Å²) in [7, 11) is 0. The molecule has 92 valence electrons. The molecule has 1 aliphatic heterocycles. The van der Waals surface area contributed by atoms with Gasteiger partial charge in [-0.15, -0.1) is 11.6 Å². The third-order valence-electron chi connectivity index (χ3n) is 4.12. The number of halogens is 1. The maximum absolute atomic E-state index is 11.3. The Morgan fingerprint density at radius 1 is 1.44 bits per heavy atom. The fraction of sp³-hybridized carbons (Fsp3) is 1.00. The topological polar surface area (TPSA) is 52.4 Å². The standard InChI is InChI=1S/C11H18ClNO3/c12-5-1-3-11(13(14)15)4-2-9-7-16-8-10(9)6-11/h9-10H,1-8H2. The molecule has 0 N–H and O–H groups in total. The Kier molecular flexibility index (Phi) is 3.70. The number of alkyl halides is 1. The Hall–Kier alpha value is -0.350. The van der Waals surface area contributed by atoms with Crippen molar-refractivity contribution in [2.24, 2.45) is 11.8 Å². The van der Waals surface area contributed by atoms with Crippen LogP contribution in [0.15, 0.2) is 0 Å². The van der Waals surface area contributed by atoms with Gasteiger partial charge in [0.15, 0.2) is 0 Å². The van der Waals surface area contributed by atoms with Crippen LogP contribution in [0, 0.1) is 22.0 Å². The van der Waals surface area contributed by atoms with Crippen LogP contribution in [0.5, 0.6) is 0 Å². The van der Waals surface area contributed by atoms with E-state index in [1.54, 1.807) is 0 Å². The van der Waals surface area contributed by atoms with Crippen molar-refractivity contribution in [3.05, 3.63) is 10.1 Å². The van der Waals surface area contributed by atoms with E-state index in [9.17, 15) is 10.1 Å². The number of nitro groups is 1. The minimum atomic E-state index is -0.718. The van der Waals surface area contributed by atoms with Crippen LogP contribution in [0.4, 0.5) is 0 Å². The molecule has 1 saturated heterocycles. The first-order valence-electron chi connectivity index (χ1n) is 5.96. The highest BCUT2D eigenvalue weighted by Crippen LogP contribution is 2.43. The monoisotopic (exact) mass is 247 g/mol. The number of ether oxygens (including phenoxy) is 1. The molecule has 0 aromatic rings. The highest BCUT2D eigenvalue weighted by Gasteiger charge is 2.50. The smallest absolute Gasteiger partial charge is 0.222 e. The molecule has 1 aliphatic carbocycles. The van der Waals surface area contributed by atoms with Crippen LogP contribution in [0.25, 0.3) is 0 Å². The van der Waals surface area contributed by atoms with Gasteiger partial charge in [-0.05, 0) is 24.7 Å². The molecule has 1 saturated carbocycles. The maximum Gasteiger partial charge on any atom is 0.222 e. The quantitative estimate of drug-likeness (QED) is 0.436. The molecule has 5 heteroatoms. The Bertz CT molecular complexity index is 274. The molecule has 0 spiro atoms. The van der Waals surface area contributed by atoms with Crippen molar-refractivity contribution < 1.29 is 9.66 Å². The summed E-state index contributed by atoms with van der Waals surface area (Å²) in [6.45, 7) is 1.51. The fourth-order valence-electron chi connectivity index (χ4n) is 3.11. The molecule has 3 unspecified atom stereocenters. The zero-order chi connectivity index (χ0) is 11.6. The summed E-state index contributed by atoms with van der Waals surface area (Å²) in [6.07, 6.45) is 3.67. The zero-order valence-corrected chi connectivity index (χ0v) is 10.1. The van der Waals surface area contributed by atoms with Gasteiger partial charge in [0.2, 0.25) is 5.54 Å². The highest BCUT2D eigenvalue weighted by molar-refractivity contribution is 6.17. The highest BCUT2D eigenvalue weighted by atomic mass is 35.5. The van der Waals surface area contributed by atoms with Crippen molar-refractivity contribution in [1.29, 1.82) is 0 Å². The van der Waals surface area contributed by atoms with Crippen molar-refractivity contribution in [2.75, 3.05) is 19.1 Å². The summed E-state index contributed by atoms with van der Waals surface area (Å²) >= 11 is 5.65. The van der Waals surface area contributed by atoms with E-state index in [1.807, 2.05) is 0 Å². The summed E-state index contributed by atoms with van der Waals surface area (Å²) < 4.78 is 5.42. The predicted octanol–water partition coefficient (Wildman–Crippen LogP) is 2.47. The van der Waals surface area contributed by atoms with Crippen molar-refractivity contribution in [3.63, 3.8) is 0 Å². The molecule has 2 rings (SSSR count). The van der Waals surface area contributed by atoms with Crippen LogP contribution >= 0.6 is 11.6 Å². The average Bonchev–Trinajstić information content (AvgIpc) is 2.72. The molecule has 0 aromatic carbocycles. The van der Waals surface area contributed by atoms with Crippen molar-refractivity contribution in [2.45, 2.75) is 37.6 Å². The summed E-state index contributed by atoms with van der Waals surface area (Å²) in [4.78, 5) is 11.2. The molecule has 16 heavy (non-hydrogen) atoms. The van der Waals surface area contributed by atoms with Gasteiger partial charge >= 0.3 is 0 Å². The van der Waals surface area contributed by atoms with E-state index in [1.165, 1.54) is 0 Å². The third-order valence-corrected chi connectivity index (χ3v) is 4.38. The first-order valence-corrected chi connectivity index (χ1v) is 6.49. The maximum atomic E-state index is 11.3. The van der Waals surface area contributed by atoms with E-state index in [0.717, 1.165) is 19.4 Å². The first kappa shape index (κ1) is 12.1. The normalized spacial score (nSPS) is 38.3. The summed E-state index contributed by atoms with van der Waals surface area (Å²) in [5, 5.41) is 11.3. The molecule has 2 fully saturated rings. The van der Waals surface area contributed by atoms with Crippen LogP contribution in [-0.4, -0.2) is 29.6 Å². The van der Waals surface area contributed by atoms with Gasteiger partial charge in [0.25, 0.3) is 0 Å². The molecular formula is C11H18ClNO3. The van der Waals surface area contributed by atoms with Crippen molar-refractivity contribution in [1.82, 2.24) is 0 Å². The lowest BCUT2D eigenvalue weighted by Gasteiger charge is -2.35. The second-order valence-corrected chi connectivity index (χ2v) is 5.45. The van der Waals surface area contributed by atoms with Gasteiger partial charge in [0.1, 0.15) is 0 Å². The minimum absolute atomic E-state index is 0.0614. The number of fused-ring (bicyclic) bond motifs is 1. The Labute approximate surface area is 100 Å². The van der Waals surface area contributed by atoms with Gasteiger partial charge in [0, 0.05) is 36.7 Å². The second-order valence-electron chi connectivity index (χ2n) is 5.07. The van der Waals surface area contributed by atoms with Crippen LogP contribution in [0.1, 0.15) is 32.1 Å². The second kappa shape index (κ2) is 4.88.